The highest BCUT2D eigenvalue weighted by Gasteiger charge is 2.07. The first-order chi connectivity index (χ1) is 14.0. The Hall–Kier alpha value is -3.71. The number of rotatable bonds is 8. The summed E-state index contributed by atoms with van der Waals surface area (Å²) >= 11 is 0. The van der Waals surface area contributed by atoms with E-state index in [9.17, 15) is 14.9 Å². The number of non-ortho nitro benzene ring substituents is 1. The highest BCUT2D eigenvalue weighted by Crippen LogP contribution is 2.23. The van der Waals surface area contributed by atoms with E-state index in [4.69, 9.17) is 9.47 Å². The van der Waals surface area contributed by atoms with Gasteiger partial charge in [0.25, 0.3) is 5.69 Å². The Morgan fingerprint density at radius 2 is 1.59 bits per heavy atom. The van der Waals surface area contributed by atoms with Gasteiger partial charge in [0.05, 0.1) is 17.6 Å². The lowest BCUT2D eigenvalue weighted by Crippen LogP contribution is -2.12. The Kier molecular flexibility index (Phi) is 6.55. The molecule has 3 rings (SSSR count). The number of nitrogens with zero attached hydrogens (tertiary/aromatic N) is 1. The number of methoxy groups -OCH3 is 1. The first-order valence-corrected chi connectivity index (χ1v) is 8.94. The molecule has 7 nitrogen and oxygen atoms in total. The molecule has 0 amide bonds. The van der Waals surface area contributed by atoms with Gasteiger partial charge in [-0.25, -0.2) is 4.79 Å². The first kappa shape index (κ1) is 20.0. The van der Waals surface area contributed by atoms with E-state index in [2.05, 4.69) is 5.32 Å². The molecule has 148 valence electrons. The Morgan fingerprint density at radius 1 is 0.931 bits per heavy atom. The van der Waals surface area contributed by atoms with Gasteiger partial charge in [-0.3, -0.25) is 10.1 Å². The Balaban J connectivity index is 1.58. The average molecular weight is 392 g/mol. The van der Waals surface area contributed by atoms with Crippen LogP contribution in [0.4, 0.5) is 5.69 Å². The van der Waals surface area contributed by atoms with E-state index in [1.165, 1.54) is 19.2 Å². The average Bonchev–Trinajstić information content (AvgIpc) is 2.74. The van der Waals surface area contributed by atoms with Gasteiger partial charge in [0.1, 0.15) is 11.5 Å². The minimum atomic E-state index is -0.417. The zero-order chi connectivity index (χ0) is 20.6. The number of hydrogen-bond acceptors (Lipinski definition) is 6. The van der Waals surface area contributed by atoms with Crippen LogP contribution in [-0.4, -0.2) is 18.0 Å². The van der Waals surface area contributed by atoms with Crippen LogP contribution < -0.4 is 10.1 Å². The molecule has 0 aliphatic rings. The maximum Gasteiger partial charge on any atom is 0.337 e. The normalized spacial score (nSPS) is 10.4. The molecule has 0 fully saturated rings. The second kappa shape index (κ2) is 9.48. The molecular weight excluding hydrogens is 372 g/mol. The predicted octanol–water partition coefficient (Wildman–Crippen LogP) is 4.46. The van der Waals surface area contributed by atoms with Crippen molar-refractivity contribution in [3.63, 3.8) is 0 Å². The van der Waals surface area contributed by atoms with Crippen molar-refractivity contribution in [1.82, 2.24) is 5.32 Å². The second-order valence-electron chi connectivity index (χ2n) is 6.30. The van der Waals surface area contributed by atoms with Gasteiger partial charge in [-0.1, -0.05) is 30.3 Å². The van der Waals surface area contributed by atoms with Crippen molar-refractivity contribution < 1.29 is 19.2 Å². The number of nitro benzene ring substituents is 1. The SMILES string of the molecule is COC(=O)c1cccc(Oc2cccc(CNCc3ccc([N+](=O)[O-])cc3)c2)c1. The van der Waals surface area contributed by atoms with Crippen molar-refractivity contribution in [3.05, 3.63) is 99.6 Å². The van der Waals surface area contributed by atoms with E-state index >= 15 is 0 Å². The van der Waals surface area contributed by atoms with E-state index in [0.717, 1.165) is 11.1 Å². The van der Waals surface area contributed by atoms with Crippen LogP contribution in [0.25, 0.3) is 0 Å². The van der Waals surface area contributed by atoms with Crippen LogP contribution in [0.15, 0.2) is 72.8 Å². The van der Waals surface area contributed by atoms with Crippen LogP contribution in [0.5, 0.6) is 11.5 Å². The zero-order valence-electron chi connectivity index (χ0n) is 15.8. The van der Waals surface area contributed by atoms with Gasteiger partial charge in [-0.15, -0.1) is 0 Å². The van der Waals surface area contributed by atoms with Gasteiger partial charge in [0, 0.05) is 25.2 Å². The molecule has 1 N–H and O–H groups in total. The lowest BCUT2D eigenvalue weighted by molar-refractivity contribution is -0.384. The molecule has 0 unspecified atom stereocenters. The monoisotopic (exact) mass is 392 g/mol. The maximum atomic E-state index is 11.6. The minimum Gasteiger partial charge on any atom is -0.465 e. The van der Waals surface area contributed by atoms with Crippen LogP contribution in [0.2, 0.25) is 0 Å². The largest absolute Gasteiger partial charge is 0.465 e. The number of ether oxygens (including phenoxy) is 2. The smallest absolute Gasteiger partial charge is 0.337 e. The molecule has 29 heavy (non-hydrogen) atoms. The maximum absolute atomic E-state index is 11.6. The zero-order valence-corrected chi connectivity index (χ0v) is 15.8. The number of benzene rings is 3. The van der Waals surface area contributed by atoms with E-state index in [1.54, 1.807) is 36.4 Å². The van der Waals surface area contributed by atoms with E-state index < -0.39 is 10.9 Å². The Bertz CT molecular complexity index is 1000. The summed E-state index contributed by atoms with van der Waals surface area (Å²) < 4.78 is 10.6. The van der Waals surface area contributed by atoms with Crippen molar-refractivity contribution in [2.45, 2.75) is 13.1 Å². The Labute approximate surface area is 168 Å². The summed E-state index contributed by atoms with van der Waals surface area (Å²) in [6.45, 7) is 1.20. The van der Waals surface area contributed by atoms with Crippen molar-refractivity contribution in [2.75, 3.05) is 7.11 Å². The summed E-state index contributed by atoms with van der Waals surface area (Å²) in [6.07, 6.45) is 0. The van der Waals surface area contributed by atoms with Crippen LogP contribution in [0, 0.1) is 10.1 Å². The molecule has 0 atom stereocenters. The molecule has 0 aromatic heterocycles. The first-order valence-electron chi connectivity index (χ1n) is 8.94. The fraction of sp³-hybridized carbons (Fsp3) is 0.136. The molecule has 7 heteroatoms. The van der Waals surface area contributed by atoms with Crippen LogP contribution in [0.1, 0.15) is 21.5 Å². The molecule has 0 saturated carbocycles. The molecule has 0 radical (unpaired) electrons. The highest BCUT2D eigenvalue weighted by molar-refractivity contribution is 5.89. The molecule has 3 aromatic carbocycles. The minimum absolute atomic E-state index is 0.0786. The number of carbonyl (C=O) groups excluding carboxylic acids is 1. The van der Waals surface area contributed by atoms with Crippen molar-refractivity contribution >= 4 is 11.7 Å². The fourth-order valence-corrected chi connectivity index (χ4v) is 2.75. The second-order valence-corrected chi connectivity index (χ2v) is 6.30. The van der Waals surface area contributed by atoms with E-state index in [0.29, 0.717) is 30.2 Å². The number of nitrogens with one attached hydrogen (secondary N) is 1. The van der Waals surface area contributed by atoms with Gasteiger partial charge >= 0.3 is 5.97 Å². The lowest BCUT2D eigenvalue weighted by atomic mass is 10.2. The third-order valence-corrected chi connectivity index (χ3v) is 4.19. The van der Waals surface area contributed by atoms with Gasteiger partial charge in [0.2, 0.25) is 0 Å². The molecule has 0 heterocycles. The molecule has 3 aromatic rings. The van der Waals surface area contributed by atoms with Gasteiger partial charge < -0.3 is 14.8 Å². The molecule has 0 aliphatic carbocycles. The molecular formula is C22H20N2O5. The van der Waals surface area contributed by atoms with Crippen LogP contribution in [0.3, 0.4) is 0 Å². The number of carbonyl (C=O) groups is 1. The van der Waals surface area contributed by atoms with E-state index in [1.807, 2.05) is 24.3 Å². The Morgan fingerprint density at radius 3 is 2.28 bits per heavy atom. The predicted molar refractivity (Wildman–Crippen MR) is 108 cm³/mol. The van der Waals surface area contributed by atoms with Crippen molar-refractivity contribution in [2.24, 2.45) is 0 Å². The quantitative estimate of drug-likeness (QED) is 0.346. The van der Waals surface area contributed by atoms with E-state index in [-0.39, 0.29) is 5.69 Å². The molecule has 0 saturated heterocycles. The number of hydrogen-bond donors (Lipinski definition) is 1. The van der Waals surface area contributed by atoms with Crippen molar-refractivity contribution in [1.29, 1.82) is 0 Å². The highest BCUT2D eigenvalue weighted by atomic mass is 16.6. The topological polar surface area (TPSA) is 90.7 Å². The molecule has 0 bridgehead atoms. The lowest BCUT2D eigenvalue weighted by Gasteiger charge is -2.10. The summed E-state index contributed by atoms with van der Waals surface area (Å²) in [5.74, 6) is 0.783. The molecule has 0 spiro atoms. The number of esters is 1. The van der Waals surface area contributed by atoms with Gasteiger partial charge in [0.15, 0.2) is 0 Å². The van der Waals surface area contributed by atoms with Gasteiger partial charge in [-0.05, 0) is 41.5 Å². The summed E-state index contributed by atoms with van der Waals surface area (Å²) in [4.78, 5) is 21.9. The summed E-state index contributed by atoms with van der Waals surface area (Å²) in [5.41, 5.74) is 2.48. The number of nitro groups is 1. The summed E-state index contributed by atoms with van der Waals surface area (Å²) in [5, 5.41) is 14.0. The third kappa shape index (κ3) is 5.63. The fourth-order valence-electron chi connectivity index (χ4n) is 2.75. The van der Waals surface area contributed by atoms with Crippen LogP contribution in [-0.2, 0) is 17.8 Å². The third-order valence-electron chi connectivity index (χ3n) is 4.19. The summed E-state index contributed by atoms with van der Waals surface area (Å²) in [7, 11) is 1.34. The molecule has 0 aliphatic heterocycles. The van der Waals surface area contributed by atoms with Crippen molar-refractivity contribution in [3.8, 4) is 11.5 Å². The van der Waals surface area contributed by atoms with Gasteiger partial charge in [-0.2, -0.15) is 0 Å². The summed E-state index contributed by atoms with van der Waals surface area (Å²) in [6, 6.07) is 20.9. The van der Waals surface area contributed by atoms with Crippen LogP contribution >= 0.6 is 0 Å². The standard InChI is InChI=1S/C22H20N2O5/c1-28-22(25)18-5-3-7-21(13-18)29-20-6-2-4-17(12-20)15-23-14-16-8-10-19(11-9-16)24(26)27/h2-13,23H,14-15H2,1H3.